The van der Waals surface area contributed by atoms with E-state index in [0.29, 0.717) is 0 Å². The molecule has 1 aliphatic carbocycles. The smallest absolute Gasteiger partial charge is 0.128 e. The summed E-state index contributed by atoms with van der Waals surface area (Å²) in [5.74, 6) is -2.12. The van der Waals surface area contributed by atoms with Gasteiger partial charge in [-0.2, -0.15) is 0 Å². The average molecular weight is 160 g/mol. The molecule has 0 fully saturated rings. The molecule has 0 aromatic rings. The molecule has 0 aromatic heterocycles. The highest BCUT2D eigenvalue weighted by Gasteiger charge is 2.11. The molecule has 0 atom stereocenters. The topological polar surface area (TPSA) is 0 Å². The number of rotatable bonds is 0. The Morgan fingerprint density at radius 1 is 1.18 bits per heavy atom. The zero-order valence-electron chi connectivity index (χ0n) is 6.00. The molecular formula is C8H7F3. The average Bonchev–Trinajstić information content (AvgIpc) is 2.05. The van der Waals surface area contributed by atoms with Gasteiger partial charge >= 0.3 is 0 Å². The molecule has 1 rings (SSSR count). The minimum absolute atomic E-state index is 0.117. The Morgan fingerprint density at radius 2 is 1.82 bits per heavy atom. The van der Waals surface area contributed by atoms with Crippen LogP contribution in [0.15, 0.2) is 35.2 Å². The molecule has 0 heterocycles. The summed E-state index contributed by atoms with van der Waals surface area (Å²) in [6.07, 6.45) is 1.43. The monoisotopic (exact) mass is 160 g/mol. The van der Waals surface area contributed by atoms with Crippen molar-refractivity contribution in [1.82, 2.24) is 0 Å². The van der Waals surface area contributed by atoms with Gasteiger partial charge in [-0.05, 0) is 19.1 Å². The predicted octanol–water partition coefficient (Wildman–Crippen LogP) is 3.34. The van der Waals surface area contributed by atoms with Gasteiger partial charge in [-0.1, -0.05) is 0 Å². The quantitative estimate of drug-likeness (QED) is 0.509. The molecule has 11 heavy (non-hydrogen) atoms. The van der Waals surface area contributed by atoms with Crippen LogP contribution < -0.4 is 0 Å². The summed E-state index contributed by atoms with van der Waals surface area (Å²) in [6, 6.07) is 0. The van der Waals surface area contributed by atoms with Gasteiger partial charge in [-0.3, -0.25) is 0 Å². The van der Waals surface area contributed by atoms with Gasteiger partial charge in [0.25, 0.3) is 0 Å². The maximum atomic E-state index is 12.7. The second-order valence-corrected chi connectivity index (χ2v) is 2.33. The minimum atomic E-state index is -0.745. The lowest BCUT2D eigenvalue weighted by atomic mass is 10.2. The summed E-state index contributed by atoms with van der Waals surface area (Å²) >= 11 is 0. The SMILES string of the molecule is CC1=C(F)CC(F)=CC=C1F. The molecule has 0 amide bonds. The predicted molar refractivity (Wildman–Crippen MR) is 36.8 cm³/mol. The number of hydrogen-bond donors (Lipinski definition) is 0. The second kappa shape index (κ2) is 2.95. The van der Waals surface area contributed by atoms with Gasteiger partial charge < -0.3 is 0 Å². The van der Waals surface area contributed by atoms with Crippen molar-refractivity contribution in [3.05, 3.63) is 35.2 Å². The molecule has 3 heteroatoms. The van der Waals surface area contributed by atoms with Crippen molar-refractivity contribution in [3.63, 3.8) is 0 Å². The molecule has 0 N–H and O–H groups in total. The fourth-order valence-electron chi connectivity index (χ4n) is 0.758. The van der Waals surface area contributed by atoms with E-state index in [-0.39, 0.29) is 5.57 Å². The summed E-state index contributed by atoms with van der Waals surface area (Å²) in [5.41, 5.74) is -0.117. The van der Waals surface area contributed by atoms with Crippen LogP contribution in [0.4, 0.5) is 13.2 Å². The largest absolute Gasteiger partial charge is 0.211 e. The lowest BCUT2D eigenvalue weighted by molar-refractivity contribution is 0.532. The van der Waals surface area contributed by atoms with Gasteiger partial charge in [0.15, 0.2) is 0 Å². The van der Waals surface area contributed by atoms with Gasteiger partial charge in [0.2, 0.25) is 0 Å². The molecular weight excluding hydrogens is 153 g/mol. The van der Waals surface area contributed by atoms with E-state index in [1.807, 2.05) is 0 Å². The van der Waals surface area contributed by atoms with Crippen molar-refractivity contribution >= 4 is 0 Å². The first-order valence-corrected chi connectivity index (χ1v) is 3.18. The Morgan fingerprint density at radius 3 is 2.45 bits per heavy atom. The highest BCUT2D eigenvalue weighted by Crippen LogP contribution is 2.26. The van der Waals surface area contributed by atoms with Crippen LogP contribution in [0, 0.1) is 0 Å². The summed E-state index contributed by atoms with van der Waals surface area (Å²) in [7, 11) is 0. The Labute approximate surface area is 62.7 Å². The molecule has 60 valence electrons. The molecule has 0 saturated carbocycles. The standard InChI is InChI=1S/C8H7F3/c1-5-7(10)3-2-6(9)4-8(5)11/h2-3H,4H2,1H3. The first kappa shape index (κ1) is 8.11. The van der Waals surface area contributed by atoms with E-state index in [9.17, 15) is 13.2 Å². The molecule has 0 radical (unpaired) electrons. The zero-order valence-corrected chi connectivity index (χ0v) is 6.00. The van der Waals surface area contributed by atoms with Crippen molar-refractivity contribution in [2.45, 2.75) is 13.3 Å². The molecule has 0 aromatic carbocycles. The number of halogens is 3. The Hall–Kier alpha value is -0.990. The van der Waals surface area contributed by atoms with Gasteiger partial charge in [-0.25, -0.2) is 13.2 Å². The van der Waals surface area contributed by atoms with E-state index in [4.69, 9.17) is 0 Å². The first-order chi connectivity index (χ1) is 5.11. The van der Waals surface area contributed by atoms with E-state index in [2.05, 4.69) is 0 Å². The van der Waals surface area contributed by atoms with Crippen molar-refractivity contribution in [3.8, 4) is 0 Å². The summed E-state index contributed by atoms with van der Waals surface area (Å²) < 4.78 is 37.7. The van der Waals surface area contributed by atoms with Crippen molar-refractivity contribution in [2.24, 2.45) is 0 Å². The minimum Gasteiger partial charge on any atom is -0.211 e. The van der Waals surface area contributed by atoms with Crippen molar-refractivity contribution < 1.29 is 13.2 Å². The van der Waals surface area contributed by atoms with E-state index in [1.165, 1.54) is 6.92 Å². The fourth-order valence-corrected chi connectivity index (χ4v) is 0.758. The summed E-state index contributed by atoms with van der Waals surface area (Å²) in [5, 5.41) is 0. The third kappa shape index (κ3) is 1.73. The van der Waals surface area contributed by atoms with Crippen molar-refractivity contribution in [1.29, 1.82) is 0 Å². The highest BCUT2D eigenvalue weighted by molar-refractivity contribution is 5.34. The van der Waals surface area contributed by atoms with Crippen LogP contribution in [0.3, 0.4) is 0 Å². The Bertz CT molecular complexity index is 253. The third-order valence-corrected chi connectivity index (χ3v) is 1.50. The molecule has 0 nitrogen and oxygen atoms in total. The number of allylic oxidation sites excluding steroid dienone is 6. The van der Waals surface area contributed by atoms with Gasteiger partial charge in [0, 0.05) is 5.57 Å². The summed E-state index contributed by atoms with van der Waals surface area (Å²) in [6.45, 7) is 1.29. The van der Waals surface area contributed by atoms with E-state index >= 15 is 0 Å². The number of hydrogen-bond acceptors (Lipinski definition) is 0. The lowest BCUT2D eigenvalue weighted by Gasteiger charge is -1.96. The van der Waals surface area contributed by atoms with Crippen LogP contribution in [0.1, 0.15) is 13.3 Å². The molecule has 0 aliphatic heterocycles. The molecule has 0 saturated heterocycles. The van der Waals surface area contributed by atoms with Gasteiger partial charge in [-0.15, -0.1) is 0 Å². The van der Waals surface area contributed by atoms with Crippen LogP contribution >= 0.6 is 0 Å². The molecule has 0 unspecified atom stereocenters. The molecule has 1 aliphatic rings. The van der Waals surface area contributed by atoms with Crippen LogP contribution in [-0.2, 0) is 0 Å². The third-order valence-electron chi connectivity index (χ3n) is 1.50. The van der Waals surface area contributed by atoms with Crippen LogP contribution in [0.25, 0.3) is 0 Å². The van der Waals surface area contributed by atoms with Crippen LogP contribution in [0.2, 0.25) is 0 Å². The molecule has 0 spiro atoms. The van der Waals surface area contributed by atoms with E-state index in [0.717, 1.165) is 12.2 Å². The Kier molecular flexibility index (Phi) is 2.17. The van der Waals surface area contributed by atoms with Crippen molar-refractivity contribution in [2.75, 3.05) is 0 Å². The van der Waals surface area contributed by atoms with E-state index in [1.54, 1.807) is 0 Å². The van der Waals surface area contributed by atoms with Gasteiger partial charge in [0.05, 0.1) is 6.42 Å². The first-order valence-electron chi connectivity index (χ1n) is 3.18. The van der Waals surface area contributed by atoms with Crippen LogP contribution in [-0.4, -0.2) is 0 Å². The van der Waals surface area contributed by atoms with Gasteiger partial charge in [0.1, 0.15) is 17.5 Å². The second-order valence-electron chi connectivity index (χ2n) is 2.33. The normalized spacial score (nSPS) is 19.3. The summed E-state index contributed by atoms with van der Waals surface area (Å²) in [4.78, 5) is 0. The maximum Gasteiger partial charge on any atom is 0.128 e. The maximum absolute atomic E-state index is 12.7. The Balaban J connectivity index is 3.05. The zero-order chi connectivity index (χ0) is 8.43. The molecule has 0 bridgehead atoms. The highest BCUT2D eigenvalue weighted by atomic mass is 19.1. The van der Waals surface area contributed by atoms with Crippen LogP contribution in [0.5, 0.6) is 0 Å². The van der Waals surface area contributed by atoms with E-state index < -0.39 is 23.9 Å². The lowest BCUT2D eigenvalue weighted by Crippen LogP contribution is -1.81. The fraction of sp³-hybridized carbons (Fsp3) is 0.250.